The number of nitrogens with one attached hydrogen (secondary N) is 1. The summed E-state index contributed by atoms with van der Waals surface area (Å²) in [5.74, 6) is -0.900. The predicted molar refractivity (Wildman–Crippen MR) is 122 cm³/mol. The molecule has 0 unspecified atom stereocenters. The van der Waals surface area contributed by atoms with Gasteiger partial charge in [0.05, 0.1) is 29.5 Å². The molecular weight excluding hydrogens is 452 g/mol. The van der Waals surface area contributed by atoms with Crippen LogP contribution in [0.3, 0.4) is 0 Å². The number of hydrogen-bond acceptors (Lipinski definition) is 7. The largest absolute Gasteiger partial charge is 0.495 e. The predicted octanol–water partition coefficient (Wildman–Crippen LogP) is 2.24. The van der Waals surface area contributed by atoms with Gasteiger partial charge in [-0.1, -0.05) is 12.1 Å². The second-order valence-corrected chi connectivity index (χ2v) is 9.38. The molecule has 176 valence electrons. The van der Waals surface area contributed by atoms with Gasteiger partial charge in [0.2, 0.25) is 15.9 Å². The molecule has 0 spiro atoms. The first kappa shape index (κ1) is 24.0. The number of sulfonamides is 1. The van der Waals surface area contributed by atoms with E-state index in [1.54, 1.807) is 29.2 Å². The zero-order valence-corrected chi connectivity index (χ0v) is 19.0. The first-order valence-electron chi connectivity index (χ1n) is 10.1. The molecule has 3 rings (SSSR count). The van der Waals surface area contributed by atoms with E-state index >= 15 is 0 Å². The number of likely N-dealkylation sites (tertiary alicyclic amines) is 1. The maximum atomic E-state index is 12.8. The lowest BCUT2D eigenvalue weighted by Crippen LogP contribution is -2.38. The third-order valence-corrected chi connectivity index (χ3v) is 6.28. The van der Waals surface area contributed by atoms with Gasteiger partial charge in [-0.15, -0.1) is 0 Å². The lowest BCUT2D eigenvalue weighted by Gasteiger charge is -2.24. The van der Waals surface area contributed by atoms with Crippen LogP contribution in [0.15, 0.2) is 42.5 Å². The van der Waals surface area contributed by atoms with Crippen molar-refractivity contribution in [3.8, 4) is 5.75 Å². The molecule has 0 aliphatic carbocycles. The average Bonchev–Trinajstić information content (AvgIpc) is 3.31. The fourth-order valence-electron chi connectivity index (χ4n) is 3.56. The maximum Gasteiger partial charge on any atom is 0.271 e. The second-order valence-electron chi connectivity index (χ2n) is 7.48. The molecule has 33 heavy (non-hydrogen) atoms. The summed E-state index contributed by atoms with van der Waals surface area (Å²) in [5, 5.41) is 13.8. The highest BCUT2D eigenvalue weighted by molar-refractivity contribution is 7.92. The van der Waals surface area contributed by atoms with Crippen molar-refractivity contribution in [2.24, 2.45) is 0 Å². The molecule has 1 saturated heterocycles. The maximum absolute atomic E-state index is 12.8. The van der Waals surface area contributed by atoms with Crippen molar-refractivity contribution in [2.75, 3.05) is 42.6 Å². The van der Waals surface area contributed by atoms with Crippen molar-refractivity contribution >= 4 is 38.9 Å². The lowest BCUT2D eigenvalue weighted by atomic mass is 10.1. The summed E-state index contributed by atoms with van der Waals surface area (Å²) in [4.78, 5) is 37.9. The zero-order valence-electron chi connectivity index (χ0n) is 18.2. The first-order chi connectivity index (χ1) is 15.6. The number of ether oxygens (including phenoxy) is 1. The van der Waals surface area contributed by atoms with E-state index in [1.165, 1.54) is 19.2 Å². The number of benzene rings is 2. The highest BCUT2D eigenvalue weighted by atomic mass is 32.2. The minimum absolute atomic E-state index is 0.0448. The summed E-state index contributed by atoms with van der Waals surface area (Å²) in [5.41, 5.74) is 0.0395. The van der Waals surface area contributed by atoms with Gasteiger partial charge in [-0.2, -0.15) is 0 Å². The van der Waals surface area contributed by atoms with Crippen LogP contribution >= 0.6 is 0 Å². The molecule has 1 aliphatic heterocycles. The van der Waals surface area contributed by atoms with Crippen LogP contribution in [0.25, 0.3) is 0 Å². The molecule has 1 fully saturated rings. The normalized spacial score (nSPS) is 13.5. The van der Waals surface area contributed by atoms with Gasteiger partial charge < -0.3 is 15.0 Å². The van der Waals surface area contributed by atoms with E-state index in [0.717, 1.165) is 29.5 Å². The fourth-order valence-corrected chi connectivity index (χ4v) is 4.41. The minimum Gasteiger partial charge on any atom is -0.495 e. The van der Waals surface area contributed by atoms with Crippen LogP contribution in [0.2, 0.25) is 0 Å². The molecule has 1 aliphatic rings. The van der Waals surface area contributed by atoms with E-state index in [2.05, 4.69) is 5.32 Å². The Morgan fingerprint density at radius 2 is 1.85 bits per heavy atom. The van der Waals surface area contributed by atoms with Gasteiger partial charge in [0.15, 0.2) is 0 Å². The highest BCUT2D eigenvalue weighted by Crippen LogP contribution is 2.33. The Bertz CT molecular complexity index is 1180. The summed E-state index contributed by atoms with van der Waals surface area (Å²) in [6, 6.07) is 9.92. The number of amides is 2. The Morgan fingerprint density at radius 1 is 1.18 bits per heavy atom. The zero-order chi connectivity index (χ0) is 24.2. The molecule has 2 amide bonds. The minimum atomic E-state index is -4.03. The fraction of sp³-hybridized carbons (Fsp3) is 0.333. The summed E-state index contributed by atoms with van der Waals surface area (Å²) in [6.45, 7) is 0.591. The van der Waals surface area contributed by atoms with Crippen molar-refractivity contribution in [3.05, 3.63) is 58.1 Å². The van der Waals surface area contributed by atoms with E-state index in [9.17, 15) is 28.1 Å². The van der Waals surface area contributed by atoms with Crippen LogP contribution < -0.4 is 14.4 Å². The van der Waals surface area contributed by atoms with Crippen molar-refractivity contribution in [1.82, 2.24) is 4.90 Å². The van der Waals surface area contributed by atoms with Crippen LogP contribution in [0, 0.1) is 10.1 Å². The Labute approximate surface area is 191 Å². The Morgan fingerprint density at radius 3 is 2.45 bits per heavy atom. The van der Waals surface area contributed by atoms with Gasteiger partial charge in [-0.3, -0.25) is 24.0 Å². The lowest BCUT2D eigenvalue weighted by molar-refractivity contribution is -0.384. The number of non-ortho nitro benzene ring substituents is 1. The van der Waals surface area contributed by atoms with Crippen LogP contribution in [0.1, 0.15) is 23.2 Å². The standard InChI is InChI=1S/C21H24N4O7S/c1-32-19-10-9-15(25(28)29)13-18(19)24(33(2,30)31)14-20(26)22-17-8-4-3-7-16(17)21(27)23-11-5-6-12-23/h3-4,7-10,13H,5-6,11-12,14H2,1-2H3,(H,22,26). The molecule has 1 N–H and O–H groups in total. The molecule has 0 radical (unpaired) electrons. The molecule has 2 aromatic rings. The van der Waals surface area contributed by atoms with Crippen LogP contribution in [0.5, 0.6) is 5.75 Å². The molecule has 2 aromatic carbocycles. The molecule has 0 atom stereocenters. The van der Waals surface area contributed by atoms with Crippen LogP contribution in [-0.4, -0.2) is 63.1 Å². The van der Waals surface area contributed by atoms with Crippen molar-refractivity contribution in [2.45, 2.75) is 12.8 Å². The third-order valence-electron chi connectivity index (χ3n) is 5.15. The van der Waals surface area contributed by atoms with Crippen molar-refractivity contribution in [3.63, 3.8) is 0 Å². The number of hydrogen-bond donors (Lipinski definition) is 1. The topological polar surface area (TPSA) is 139 Å². The van der Waals surface area contributed by atoms with E-state index in [1.807, 2.05) is 0 Å². The summed E-state index contributed by atoms with van der Waals surface area (Å²) < 4.78 is 30.8. The second kappa shape index (κ2) is 9.86. The van der Waals surface area contributed by atoms with Gasteiger partial charge in [0.25, 0.3) is 11.6 Å². The monoisotopic (exact) mass is 476 g/mol. The smallest absolute Gasteiger partial charge is 0.271 e. The number of nitro groups is 1. The van der Waals surface area contributed by atoms with Crippen molar-refractivity contribution in [1.29, 1.82) is 0 Å². The van der Waals surface area contributed by atoms with Crippen LogP contribution in [0.4, 0.5) is 17.1 Å². The van der Waals surface area contributed by atoms with Crippen LogP contribution in [-0.2, 0) is 14.8 Å². The summed E-state index contributed by atoms with van der Waals surface area (Å²) >= 11 is 0. The number of carbonyl (C=O) groups excluding carboxylic acids is 2. The Kier molecular flexibility index (Phi) is 7.16. The molecule has 0 saturated carbocycles. The number of nitro benzene ring substituents is 1. The number of anilines is 2. The Balaban J connectivity index is 1.89. The van der Waals surface area contributed by atoms with Gasteiger partial charge >= 0.3 is 0 Å². The summed E-state index contributed by atoms with van der Waals surface area (Å²) in [6.07, 6.45) is 2.70. The number of methoxy groups -OCH3 is 1. The van der Waals surface area contributed by atoms with E-state index in [0.29, 0.717) is 18.7 Å². The molecule has 12 heteroatoms. The van der Waals surface area contributed by atoms with E-state index in [-0.39, 0.29) is 28.7 Å². The molecule has 11 nitrogen and oxygen atoms in total. The molecular formula is C21H24N4O7S. The van der Waals surface area contributed by atoms with E-state index in [4.69, 9.17) is 4.74 Å². The van der Waals surface area contributed by atoms with Gasteiger partial charge in [-0.25, -0.2) is 8.42 Å². The Hall–Kier alpha value is -3.67. The first-order valence-corrected chi connectivity index (χ1v) is 11.9. The molecule has 0 bridgehead atoms. The highest BCUT2D eigenvalue weighted by Gasteiger charge is 2.27. The van der Waals surface area contributed by atoms with E-state index < -0.39 is 27.4 Å². The molecule has 0 aromatic heterocycles. The van der Waals surface area contributed by atoms with Gasteiger partial charge in [0.1, 0.15) is 18.0 Å². The quantitative estimate of drug-likeness (QED) is 0.455. The average molecular weight is 477 g/mol. The number of rotatable bonds is 8. The van der Waals surface area contributed by atoms with Gasteiger partial charge in [-0.05, 0) is 31.0 Å². The molecule has 1 heterocycles. The number of nitrogens with zero attached hydrogens (tertiary/aromatic N) is 3. The summed E-state index contributed by atoms with van der Waals surface area (Å²) in [7, 11) is -2.74. The number of carbonyl (C=O) groups is 2. The van der Waals surface area contributed by atoms with Gasteiger partial charge in [0, 0.05) is 25.2 Å². The third kappa shape index (κ3) is 5.58. The SMILES string of the molecule is COc1ccc([N+](=O)[O-])cc1N(CC(=O)Nc1ccccc1C(=O)N1CCCC1)S(C)(=O)=O. The van der Waals surface area contributed by atoms with Crippen molar-refractivity contribution < 1.29 is 27.7 Å². The number of para-hydroxylation sites is 1.